The third kappa shape index (κ3) is 4.48. The SMILES string of the molecule is CN(C)C(=O)CCc1cncc(C2CN(c3ncccn3)CCO2)n1. The van der Waals surface area contributed by atoms with Crippen LogP contribution in [0.5, 0.6) is 0 Å². The Labute approximate surface area is 146 Å². The summed E-state index contributed by atoms with van der Waals surface area (Å²) in [6.45, 7) is 1.94. The molecule has 132 valence electrons. The Hall–Kier alpha value is -2.61. The van der Waals surface area contributed by atoms with E-state index >= 15 is 0 Å². The maximum Gasteiger partial charge on any atom is 0.225 e. The van der Waals surface area contributed by atoms with Gasteiger partial charge in [-0.05, 0) is 12.5 Å². The number of amides is 1. The van der Waals surface area contributed by atoms with E-state index in [0.29, 0.717) is 31.9 Å². The van der Waals surface area contributed by atoms with E-state index in [1.165, 1.54) is 0 Å². The van der Waals surface area contributed by atoms with Crippen molar-refractivity contribution in [3.05, 3.63) is 42.2 Å². The van der Waals surface area contributed by atoms with Gasteiger partial charge in [-0.2, -0.15) is 0 Å². The largest absolute Gasteiger partial charge is 0.368 e. The molecule has 2 aromatic rings. The summed E-state index contributed by atoms with van der Waals surface area (Å²) in [6, 6.07) is 1.80. The summed E-state index contributed by atoms with van der Waals surface area (Å²) in [4.78, 5) is 32.9. The highest BCUT2D eigenvalue weighted by Crippen LogP contribution is 2.22. The molecule has 1 unspecified atom stereocenters. The van der Waals surface area contributed by atoms with E-state index in [-0.39, 0.29) is 12.0 Å². The molecule has 1 aliphatic heterocycles. The first-order valence-electron chi connectivity index (χ1n) is 8.28. The van der Waals surface area contributed by atoms with E-state index < -0.39 is 0 Å². The fourth-order valence-corrected chi connectivity index (χ4v) is 2.62. The molecule has 1 atom stereocenters. The molecular formula is C17H22N6O2. The van der Waals surface area contributed by atoms with Gasteiger partial charge >= 0.3 is 0 Å². The lowest BCUT2D eigenvalue weighted by Gasteiger charge is -2.32. The van der Waals surface area contributed by atoms with Crippen molar-refractivity contribution in [1.82, 2.24) is 24.8 Å². The predicted octanol–water partition coefficient (Wildman–Crippen LogP) is 0.865. The van der Waals surface area contributed by atoms with Crippen LogP contribution in [-0.2, 0) is 16.0 Å². The second-order valence-electron chi connectivity index (χ2n) is 6.08. The van der Waals surface area contributed by atoms with Gasteiger partial charge in [-0.15, -0.1) is 0 Å². The van der Waals surface area contributed by atoms with Crippen LogP contribution in [-0.4, -0.2) is 64.5 Å². The van der Waals surface area contributed by atoms with Gasteiger partial charge in [0.15, 0.2) is 0 Å². The number of morpholine rings is 1. The summed E-state index contributed by atoms with van der Waals surface area (Å²) in [7, 11) is 3.50. The number of aromatic nitrogens is 4. The summed E-state index contributed by atoms with van der Waals surface area (Å²) in [5.74, 6) is 0.769. The minimum atomic E-state index is -0.186. The van der Waals surface area contributed by atoms with Crippen LogP contribution in [0, 0.1) is 0 Å². The van der Waals surface area contributed by atoms with Gasteiger partial charge in [-0.25, -0.2) is 9.97 Å². The topological polar surface area (TPSA) is 84.3 Å². The van der Waals surface area contributed by atoms with Crippen molar-refractivity contribution in [2.75, 3.05) is 38.7 Å². The molecule has 8 nitrogen and oxygen atoms in total. The molecule has 1 fully saturated rings. The van der Waals surface area contributed by atoms with Gasteiger partial charge in [-0.3, -0.25) is 14.8 Å². The third-order valence-corrected chi connectivity index (χ3v) is 4.03. The molecule has 0 aromatic carbocycles. The molecule has 0 aliphatic carbocycles. The van der Waals surface area contributed by atoms with Gasteiger partial charge in [0.2, 0.25) is 11.9 Å². The molecule has 8 heteroatoms. The maximum atomic E-state index is 11.7. The average molecular weight is 342 g/mol. The predicted molar refractivity (Wildman–Crippen MR) is 92.0 cm³/mol. The Morgan fingerprint density at radius 3 is 2.88 bits per heavy atom. The quantitative estimate of drug-likeness (QED) is 0.797. The Morgan fingerprint density at radius 2 is 2.12 bits per heavy atom. The van der Waals surface area contributed by atoms with Crippen LogP contribution in [0.15, 0.2) is 30.9 Å². The summed E-state index contributed by atoms with van der Waals surface area (Å²) in [5.41, 5.74) is 1.57. The smallest absolute Gasteiger partial charge is 0.225 e. The van der Waals surface area contributed by atoms with Crippen molar-refractivity contribution >= 4 is 11.9 Å². The van der Waals surface area contributed by atoms with Crippen molar-refractivity contribution < 1.29 is 9.53 Å². The Morgan fingerprint density at radius 1 is 1.32 bits per heavy atom. The van der Waals surface area contributed by atoms with Crippen molar-refractivity contribution in [3.63, 3.8) is 0 Å². The number of hydrogen-bond acceptors (Lipinski definition) is 7. The number of aryl methyl sites for hydroxylation is 1. The van der Waals surface area contributed by atoms with Gasteiger partial charge in [0, 0.05) is 45.7 Å². The van der Waals surface area contributed by atoms with Gasteiger partial charge in [0.1, 0.15) is 6.10 Å². The minimum Gasteiger partial charge on any atom is -0.368 e. The van der Waals surface area contributed by atoms with Crippen molar-refractivity contribution in [2.24, 2.45) is 0 Å². The standard InChI is InChI=1S/C17H22N6O2/c1-22(2)16(24)5-4-13-10-18-11-14(21-13)15-12-23(8-9-25-15)17-19-6-3-7-20-17/h3,6-7,10-11,15H,4-5,8-9,12H2,1-2H3. The zero-order chi connectivity index (χ0) is 17.6. The van der Waals surface area contributed by atoms with Crippen LogP contribution < -0.4 is 4.90 Å². The molecule has 3 rings (SSSR count). The second-order valence-corrected chi connectivity index (χ2v) is 6.08. The first kappa shape index (κ1) is 17.2. The van der Waals surface area contributed by atoms with E-state index in [2.05, 4.69) is 24.8 Å². The monoisotopic (exact) mass is 342 g/mol. The summed E-state index contributed by atoms with van der Waals surface area (Å²) in [5, 5.41) is 0. The number of nitrogens with zero attached hydrogens (tertiary/aromatic N) is 6. The van der Waals surface area contributed by atoms with Crippen molar-refractivity contribution in [1.29, 1.82) is 0 Å². The molecule has 1 aliphatic rings. The zero-order valence-corrected chi connectivity index (χ0v) is 14.5. The van der Waals surface area contributed by atoms with Gasteiger partial charge in [0.05, 0.1) is 30.7 Å². The number of rotatable bonds is 5. The molecule has 25 heavy (non-hydrogen) atoms. The molecule has 0 spiro atoms. The molecule has 0 N–H and O–H groups in total. The summed E-state index contributed by atoms with van der Waals surface area (Å²) >= 11 is 0. The molecule has 0 saturated carbocycles. The highest BCUT2D eigenvalue weighted by Gasteiger charge is 2.25. The zero-order valence-electron chi connectivity index (χ0n) is 14.5. The minimum absolute atomic E-state index is 0.0773. The summed E-state index contributed by atoms with van der Waals surface area (Å²) in [6.07, 6.45) is 7.68. The molecule has 3 heterocycles. The van der Waals surface area contributed by atoms with E-state index in [9.17, 15) is 4.79 Å². The molecule has 0 bridgehead atoms. The van der Waals surface area contributed by atoms with E-state index in [1.807, 2.05) is 0 Å². The average Bonchev–Trinajstić information content (AvgIpc) is 2.67. The van der Waals surface area contributed by atoms with E-state index in [0.717, 1.165) is 17.9 Å². The number of ether oxygens (including phenoxy) is 1. The fraction of sp³-hybridized carbons (Fsp3) is 0.471. The Kier molecular flexibility index (Phi) is 5.49. The van der Waals surface area contributed by atoms with E-state index in [1.54, 1.807) is 49.8 Å². The lowest BCUT2D eigenvalue weighted by Crippen LogP contribution is -2.39. The molecule has 1 saturated heterocycles. The molecule has 0 radical (unpaired) electrons. The Bertz CT molecular complexity index is 709. The van der Waals surface area contributed by atoms with Gasteiger partial charge < -0.3 is 14.5 Å². The van der Waals surface area contributed by atoms with Crippen LogP contribution in [0.25, 0.3) is 0 Å². The number of carbonyl (C=O) groups excluding carboxylic acids is 1. The number of anilines is 1. The van der Waals surface area contributed by atoms with Crippen LogP contribution in [0.4, 0.5) is 5.95 Å². The van der Waals surface area contributed by atoms with Crippen LogP contribution in [0.3, 0.4) is 0 Å². The molecule has 2 aromatic heterocycles. The molecule has 1 amide bonds. The van der Waals surface area contributed by atoms with Crippen molar-refractivity contribution in [3.8, 4) is 0 Å². The Balaban J connectivity index is 1.67. The lowest BCUT2D eigenvalue weighted by molar-refractivity contribution is -0.128. The third-order valence-electron chi connectivity index (χ3n) is 4.03. The van der Waals surface area contributed by atoms with E-state index in [4.69, 9.17) is 4.74 Å². The molecular weight excluding hydrogens is 320 g/mol. The first-order valence-corrected chi connectivity index (χ1v) is 8.28. The van der Waals surface area contributed by atoms with Crippen LogP contribution in [0.2, 0.25) is 0 Å². The summed E-state index contributed by atoms with van der Waals surface area (Å²) < 4.78 is 5.86. The highest BCUT2D eigenvalue weighted by molar-refractivity contribution is 5.75. The van der Waals surface area contributed by atoms with Crippen molar-refractivity contribution in [2.45, 2.75) is 18.9 Å². The second kappa shape index (κ2) is 7.98. The van der Waals surface area contributed by atoms with Crippen LogP contribution in [0.1, 0.15) is 23.9 Å². The lowest BCUT2D eigenvalue weighted by atomic mass is 10.2. The maximum absolute atomic E-state index is 11.7. The number of hydrogen-bond donors (Lipinski definition) is 0. The van der Waals surface area contributed by atoms with Gasteiger partial charge in [-0.1, -0.05) is 0 Å². The van der Waals surface area contributed by atoms with Crippen LogP contribution >= 0.6 is 0 Å². The highest BCUT2D eigenvalue weighted by atomic mass is 16.5. The fourth-order valence-electron chi connectivity index (χ4n) is 2.62. The number of carbonyl (C=O) groups is 1. The van der Waals surface area contributed by atoms with Gasteiger partial charge in [0.25, 0.3) is 0 Å². The first-order chi connectivity index (χ1) is 12.1. The normalized spacial score (nSPS) is 17.4.